The fraction of sp³-hybridized carbons (Fsp3) is 0.417. The quantitative estimate of drug-likeness (QED) is 0.0599. The van der Waals surface area contributed by atoms with Gasteiger partial charge in [-0.3, -0.25) is 23.2 Å². The molecule has 5 atom stereocenters. The zero-order valence-electron chi connectivity index (χ0n) is 36.8. The molecular formula is C48H53N6O9P. The SMILES string of the molecule is CCCCOP(=O)(OCCCC)O[C@H](C(=O)N[C@H]1Cc2ccc3c(c2)C24c5cccc(c5NC2O3)-c2cccc3[nH]cc(c23)-c2cnc(o2)-c2nc(oc24)C(C(C)C)NC1=O)C(C)C. The maximum absolute atomic E-state index is 14.7. The Morgan fingerprint density at radius 3 is 2.47 bits per heavy atom. The van der Waals surface area contributed by atoms with E-state index < -0.39 is 55.4 Å². The van der Waals surface area contributed by atoms with Crippen molar-refractivity contribution >= 4 is 36.2 Å². The molecule has 64 heavy (non-hydrogen) atoms. The number of hydrogen-bond donors (Lipinski definition) is 4. The Hall–Kier alpha value is -5.73. The Kier molecular flexibility index (Phi) is 10.8. The fourth-order valence-corrected chi connectivity index (χ4v) is 11.0. The van der Waals surface area contributed by atoms with Crippen molar-refractivity contribution in [3.63, 3.8) is 0 Å². The molecule has 0 fully saturated rings. The summed E-state index contributed by atoms with van der Waals surface area (Å²) in [6.45, 7) is 11.8. The monoisotopic (exact) mass is 888 g/mol. The van der Waals surface area contributed by atoms with Crippen molar-refractivity contribution in [3.05, 3.63) is 95.3 Å². The molecule has 0 radical (unpaired) electrons. The largest absolute Gasteiger partial charge is 0.475 e. The van der Waals surface area contributed by atoms with E-state index >= 15 is 0 Å². The van der Waals surface area contributed by atoms with Crippen LogP contribution in [-0.4, -0.2) is 58.4 Å². The number of hydrogen-bond acceptors (Lipinski definition) is 12. The number of amides is 2. The van der Waals surface area contributed by atoms with Gasteiger partial charge in [0.05, 0.1) is 19.4 Å². The summed E-state index contributed by atoms with van der Waals surface area (Å²) in [6, 6.07) is 16.4. The average Bonchev–Trinajstić information content (AvgIpc) is 4.11. The molecule has 0 saturated carbocycles. The van der Waals surface area contributed by atoms with Gasteiger partial charge in [0.2, 0.25) is 17.7 Å². The number of unbranched alkanes of at least 4 members (excludes halogenated alkanes) is 2. The number of nitrogens with zero attached hydrogens (tertiary/aromatic N) is 2. The van der Waals surface area contributed by atoms with Crippen LogP contribution in [0.15, 0.2) is 75.8 Å². The van der Waals surface area contributed by atoms with Gasteiger partial charge in [0.15, 0.2) is 23.4 Å². The van der Waals surface area contributed by atoms with Gasteiger partial charge in [0.25, 0.3) is 5.91 Å². The summed E-state index contributed by atoms with van der Waals surface area (Å²) in [7, 11) is -4.16. The third-order valence-electron chi connectivity index (χ3n) is 12.7. The summed E-state index contributed by atoms with van der Waals surface area (Å²) in [4.78, 5) is 42.6. The summed E-state index contributed by atoms with van der Waals surface area (Å²) < 4.78 is 52.1. The summed E-state index contributed by atoms with van der Waals surface area (Å²) in [5.41, 5.74) is 6.35. The second-order valence-corrected chi connectivity index (χ2v) is 19.4. The number of aromatic nitrogens is 3. The molecule has 10 bridgehead atoms. The Morgan fingerprint density at radius 1 is 0.953 bits per heavy atom. The van der Waals surface area contributed by atoms with E-state index in [1.807, 2.05) is 64.2 Å². The zero-order valence-corrected chi connectivity index (χ0v) is 37.7. The normalized spacial score (nSPS) is 20.9. The number of benzene rings is 3. The first kappa shape index (κ1) is 42.2. The molecule has 2 amide bonds. The standard InChI is InChI=1S/C48H53N6O9P/c1-7-9-19-58-64(57,59-20-10-8-2)63-41(26(5)6)44(56)51-34-22-27-17-18-35-32(21-27)48-31-15-11-14-29(39(31)54-47(48)61-35)28-13-12-16-33-37(28)30(23-49-33)36-24-50-45(60-36)40-42(48)62-46(53-40)38(25(3)4)52-43(34)55/h11-18,21,23-26,34,38,41,47,49,54H,7-10,19-20,22H2,1-6H3,(H,51,56)(H,52,55)/t34-,38?,41-,47?,48?/m0/s1. The van der Waals surface area contributed by atoms with Crippen LogP contribution in [0, 0.1) is 11.8 Å². The number of carbonyl (C=O) groups is 2. The molecule has 0 aliphatic carbocycles. The van der Waals surface area contributed by atoms with Gasteiger partial charge in [0, 0.05) is 51.5 Å². The molecule has 16 heteroatoms. The van der Waals surface area contributed by atoms with Crippen molar-refractivity contribution in [2.75, 3.05) is 18.5 Å². The first-order valence-electron chi connectivity index (χ1n) is 22.4. The lowest BCUT2D eigenvalue weighted by molar-refractivity contribution is -0.135. The first-order chi connectivity index (χ1) is 30.9. The average molecular weight is 889 g/mol. The smallest absolute Gasteiger partial charge is 0.469 e. The van der Waals surface area contributed by atoms with E-state index in [1.165, 1.54) is 0 Å². The molecule has 15 nitrogen and oxygen atoms in total. The first-order valence-corrected chi connectivity index (χ1v) is 23.9. The molecule has 3 unspecified atom stereocenters. The van der Waals surface area contributed by atoms with Gasteiger partial charge in [-0.05, 0) is 47.9 Å². The van der Waals surface area contributed by atoms with Gasteiger partial charge in [-0.25, -0.2) is 14.5 Å². The van der Waals surface area contributed by atoms with Crippen LogP contribution in [0.4, 0.5) is 5.69 Å². The molecule has 0 saturated heterocycles. The predicted octanol–water partition coefficient (Wildman–Crippen LogP) is 9.57. The minimum Gasteiger partial charge on any atom is -0.469 e. The molecule has 7 heterocycles. The highest BCUT2D eigenvalue weighted by Crippen LogP contribution is 2.61. The second-order valence-electron chi connectivity index (χ2n) is 17.8. The minimum absolute atomic E-state index is 0.0970. The van der Waals surface area contributed by atoms with Gasteiger partial charge in [0.1, 0.15) is 29.4 Å². The molecule has 6 aromatic rings. The van der Waals surface area contributed by atoms with E-state index in [2.05, 4.69) is 45.2 Å². The van der Waals surface area contributed by atoms with Gasteiger partial charge >= 0.3 is 7.82 Å². The molecule has 4 N–H and O–H groups in total. The summed E-state index contributed by atoms with van der Waals surface area (Å²) >= 11 is 0. The van der Waals surface area contributed by atoms with Gasteiger partial charge in [-0.15, -0.1) is 0 Å². The number of nitrogens with one attached hydrogen (secondary N) is 4. The minimum atomic E-state index is -4.16. The van der Waals surface area contributed by atoms with Crippen LogP contribution in [0.3, 0.4) is 0 Å². The van der Waals surface area contributed by atoms with Crippen LogP contribution >= 0.6 is 7.82 Å². The summed E-state index contributed by atoms with van der Waals surface area (Å²) in [6.07, 6.45) is 4.66. The number of oxazole rings is 2. The van der Waals surface area contributed by atoms with Gasteiger partial charge in [-0.2, -0.15) is 0 Å². The Labute approximate surface area is 371 Å². The highest BCUT2D eigenvalue weighted by atomic mass is 31.2. The molecular weight excluding hydrogens is 836 g/mol. The summed E-state index contributed by atoms with van der Waals surface area (Å²) in [5, 5.41) is 10.9. The molecule has 4 aliphatic heterocycles. The number of phosphoric ester groups is 1. The summed E-state index contributed by atoms with van der Waals surface area (Å²) in [5.74, 6) is 0.323. The van der Waals surface area contributed by atoms with E-state index in [0.717, 1.165) is 62.8 Å². The maximum atomic E-state index is 14.7. The van der Waals surface area contributed by atoms with Gasteiger partial charge in [-0.1, -0.05) is 96.8 Å². The van der Waals surface area contributed by atoms with Crippen LogP contribution in [0.2, 0.25) is 0 Å². The number of ether oxygens (including phenoxy) is 1. The number of anilines is 1. The lowest BCUT2D eigenvalue weighted by Gasteiger charge is -2.30. The number of aromatic amines is 1. The predicted molar refractivity (Wildman–Crippen MR) is 239 cm³/mol. The van der Waals surface area contributed by atoms with E-state index in [-0.39, 0.29) is 37.3 Å². The van der Waals surface area contributed by atoms with Crippen LogP contribution in [-0.2, 0) is 39.6 Å². The van der Waals surface area contributed by atoms with E-state index in [1.54, 1.807) is 20.0 Å². The number of H-pyrrole nitrogens is 1. The van der Waals surface area contributed by atoms with Gasteiger partial charge < -0.3 is 34.5 Å². The second kappa shape index (κ2) is 16.4. The van der Waals surface area contributed by atoms with Crippen LogP contribution in [0.5, 0.6) is 5.75 Å². The maximum Gasteiger partial charge on any atom is 0.475 e. The molecule has 10 rings (SSSR count). The fourth-order valence-electron chi connectivity index (χ4n) is 9.46. The van der Waals surface area contributed by atoms with Crippen LogP contribution in [0.1, 0.15) is 102 Å². The molecule has 3 aromatic carbocycles. The lowest BCUT2D eigenvalue weighted by Crippen LogP contribution is -2.53. The number of phosphoric acid groups is 1. The highest BCUT2D eigenvalue weighted by molar-refractivity contribution is 7.48. The number of carbonyl (C=O) groups excluding carboxylic acids is 2. The van der Waals surface area contributed by atoms with Crippen molar-refractivity contribution in [1.29, 1.82) is 0 Å². The van der Waals surface area contributed by atoms with E-state index in [4.69, 9.17) is 37.1 Å². The Bertz CT molecular complexity index is 2810. The third kappa shape index (κ3) is 6.86. The highest BCUT2D eigenvalue weighted by Gasteiger charge is 2.61. The van der Waals surface area contributed by atoms with Crippen LogP contribution < -0.4 is 20.7 Å². The van der Waals surface area contributed by atoms with E-state index in [0.29, 0.717) is 35.8 Å². The lowest BCUT2D eigenvalue weighted by atomic mass is 9.72. The zero-order chi connectivity index (χ0) is 44.5. The van der Waals surface area contributed by atoms with E-state index in [9.17, 15) is 14.2 Å². The third-order valence-corrected chi connectivity index (χ3v) is 14.2. The van der Waals surface area contributed by atoms with Crippen molar-refractivity contribution in [1.82, 2.24) is 25.6 Å². The number of fused-ring (bicyclic) bond motifs is 7. The molecule has 4 aliphatic rings. The number of rotatable bonds is 14. The van der Waals surface area contributed by atoms with Crippen molar-refractivity contribution in [2.45, 2.75) is 103 Å². The van der Waals surface area contributed by atoms with Crippen LogP contribution in [0.25, 0.3) is 44.9 Å². The molecule has 334 valence electrons. The topological polar surface area (TPSA) is 192 Å². The van der Waals surface area contributed by atoms with Crippen molar-refractivity contribution in [3.8, 4) is 39.8 Å². The van der Waals surface area contributed by atoms with Crippen molar-refractivity contribution < 1.29 is 41.3 Å². The van der Waals surface area contributed by atoms with Crippen molar-refractivity contribution in [2.24, 2.45) is 11.8 Å². The Balaban J connectivity index is 1.11. The molecule has 3 aromatic heterocycles. The molecule has 1 spiro atoms. The Morgan fingerprint density at radius 2 is 1.72 bits per heavy atom. The number of para-hydroxylation sites is 1.